The summed E-state index contributed by atoms with van der Waals surface area (Å²) in [5.74, 6) is 0.433. The van der Waals surface area contributed by atoms with Gasteiger partial charge in [0.1, 0.15) is 17.4 Å². The van der Waals surface area contributed by atoms with Crippen molar-refractivity contribution < 1.29 is 9.21 Å². The molecular formula is C16H16N2O2. The van der Waals surface area contributed by atoms with Crippen LogP contribution in [0.2, 0.25) is 0 Å². The van der Waals surface area contributed by atoms with Gasteiger partial charge >= 0.3 is 0 Å². The molecule has 102 valence electrons. The van der Waals surface area contributed by atoms with Crippen molar-refractivity contribution in [3.8, 4) is 17.4 Å². The zero-order valence-electron chi connectivity index (χ0n) is 11.7. The number of aryl methyl sites for hydroxylation is 1. The molecule has 1 aromatic carbocycles. The van der Waals surface area contributed by atoms with Gasteiger partial charge in [-0.2, -0.15) is 5.26 Å². The Labute approximate surface area is 118 Å². The third-order valence-electron chi connectivity index (χ3n) is 2.95. The summed E-state index contributed by atoms with van der Waals surface area (Å²) in [7, 11) is 0. The van der Waals surface area contributed by atoms with Gasteiger partial charge in [-0.25, -0.2) is 0 Å². The molecule has 0 atom stereocenters. The first-order chi connectivity index (χ1) is 9.51. The van der Waals surface area contributed by atoms with Crippen LogP contribution in [-0.4, -0.2) is 5.91 Å². The highest BCUT2D eigenvalue weighted by Gasteiger charge is 2.16. The Bertz CT molecular complexity index is 661. The first-order valence-electron chi connectivity index (χ1n) is 6.43. The van der Waals surface area contributed by atoms with Crippen LogP contribution in [0, 0.1) is 24.2 Å². The van der Waals surface area contributed by atoms with Crippen LogP contribution in [0.3, 0.4) is 0 Å². The van der Waals surface area contributed by atoms with Crippen molar-refractivity contribution in [2.75, 3.05) is 5.32 Å². The summed E-state index contributed by atoms with van der Waals surface area (Å²) in [4.78, 5) is 11.7. The number of carbonyl (C=O) groups excluding carboxylic acids is 1. The third kappa shape index (κ3) is 2.89. The minimum absolute atomic E-state index is 0.172. The molecule has 4 nitrogen and oxygen atoms in total. The second-order valence-electron chi connectivity index (χ2n) is 4.98. The van der Waals surface area contributed by atoms with Crippen LogP contribution < -0.4 is 5.32 Å². The predicted molar refractivity (Wildman–Crippen MR) is 77.1 cm³/mol. The van der Waals surface area contributed by atoms with Crippen molar-refractivity contribution in [2.45, 2.75) is 20.8 Å². The number of nitrogens with one attached hydrogen (secondary N) is 1. The number of amides is 1. The molecule has 0 bridgehead atoms. The maximum absolute atomic E-state index is 11.7. The maximum Gasteiger partial charge on any atom is 0.229 e. The van der Waals surface area contributed by atoms with Crippen molar-refractivity contribution in [1.29, 1.82) is 5.26 Å². The van der Waals surface area contributed by atoms with Gasteiger partial charge in [0.2, 0.25) is 11.8 Å². The number of anilines is 1. The predicted octanol–water partition coefficient (Wildman–Crippen LogP) is 3.72. The zero-order valence-corrected chi connectivity index (χ0v) is 11.7. The SMILES string of the molecule is Cc1ccc(-c2cc(C#N)c(NC(=O)C(C)C)o2)cc1. The summed E-state index contributed by atoms with van der Waals surface area (Å²) >= 11 is 0. The first-order valence-corrected chi connectivity index (χ1v) is 6.43. The Morgan fingerprint density at radius 2 is 1.95 bits per heavy atom. The van der Waals surface area contributed by atoms with Crippen LogP contribution in [-0.2, 0) is 4.79 Å². The van der Waals surface area contributed by atoms with E-state index in [-0.39, 0.29) is 17.7 Å². The molecule has 0 aliphatic carbocycles. The lowest BCUT2D eigenvalue weighted by molar-refractivity contribution is -0.119. The lowest BCUT2D eigenvalue weighted by atomic mass is 10.1. The van der Waals surface area contributed by atoms with E-state index in [2.05, 4.69) is 5.32 Å². The van der Waals surface area contributed by atoms with E-state index < -0.39 is 0 Å². The molecule has 0 fully saturated rings. The van der Waals surface area contributed by atoms with Gasteiger partial charge in [-0.05, 0) is 6.92 Å². The van der Waals surface area contributed by atoms with Gasteiger partial charge in [0, 0.05) is 17.5 Å². The van der Waals surface area contributed by atoms with E-state index in [0.29, 0.717) is 11.3 Å². The van der Waals surface area contributed by atoms with Crippen LogP contribution in [0.5, 0.6) is 0 Å². The smallest absolute Gasteiger partial charge is 0.229 e. The van der Waals surface area contributed by atoms with E-state index in [0.717, 1.165) is 11.1 Å². The second kappa shape index (κ2) is 5.62. The molecule has 0 aliphatic heterocycles. The number of nitrogens with zero attached hydrogens (tertiary/aromatic N) is 1. The molecule has 1 N–H and O–H groups in total. The highest BCUT2D eigenvalue weighted by molar-refractivity contribution is 5.92. The van der Waals surface area contributed by atoms with Crippen molar-refractivity contribution in [3.63, 3.8) is 0 Å². The lowest BCUT2D eigenvalue weighted by Crippen LogP contribution is -2.17. The van der Waals surface area contributed by atoms with Crippen molar-refractivity contribution in [3.05, 3.63) is 41.5 Å². The van der Waals surface area contributed by atoms with Crippen LogP contribution in [0.15, 0.2) is 34.7 Å². The zero-order chi connectivity index (χ0) is 14.7. The molecule has 2 aromatic rings. The van der Waals surface area contributed by atoms with Gasteiger partial charge in [-0.15, -0.1) is 0 Å². The van der Waals surface area contributed by atoms with E-state index in [9.17, 15) is 4.79 Å². The molecular weight excluding hydrogens is 252 g/mol. The molecule has 4 heteroatoms. The molecule has 0 saturated carbocycles. The summed E-state index contributed by atoms with van der Waals surface area (Å²) in [5, 5.41) is 11.7. The van der Waals surface area contributed by atoms with Gasteiger partial charge < -0.3 is 4.42 Å². The van der Waals surface area contributed by atoms with Crippen molar-refractivity contribution in [2.24, 2.45) is 5.92 Å². The van der Waals surface area contributed by atoms with E-state index in [4.69, 9.17) is 9.68 Å². The number of nitriles is 1. The van der Waals surface area contributed by atoms with Gasteiger partial charge in [0.05, 0.1) is 0 Å². The number of hydrogen-bond donors (Lipinski definition) is 1. The van der Waals surface area contributed by atoms with E-state index in [1.807, 2.05) is 37.3 Å². The van der Waals surface area contributed by atoms with E-state index >= 15 is 0 Å². The molecule has 1 aromatic heterocycles. The fraction of sp³-hybridized carbons (Fsp3) is 0.250. The quantitative estimate of drug-likeness (QED) is 0.922. The summed E-state index contributed by atoms with van der Waals surface area (Å²) in [5.41, 5.74) is 2.35. The topological polar surface area (TPSA) is 66.0 Å². The summed E-state index contributed by atoms with van der Waals surface area (Å²) in [6.45, 7) is 5.57. The van der Waals surface area contributed by atoms with E-state index in [1.165, 1.54) is 0 Å². The summed E-state index contributed by atoms with van der Waals surface area (Å²) in [6.07, 6.45) is 0. The van der Waals surface area contributed by atoms with Crippen LogP contribution in [0.4, 0.5) is 5.88 Å². The Morgan fingerprint density at radius 3 is 2.50 bits per heavy atom. The van der Waals surface area contributed by atoms with Crippen LogP contribution >= 0.6 is 0 Å². The third-order valence-corrected chi connectivity index (χ3v) is 2.95. The number of carbonyl (C=O) groups is 1. The first kappa shape index (κ1) is 13.9. The number of furan rings is 1. The average molecular weight is 268 g/mol. The maximum atomic E-state index is 11.7. The van der Waals surface area contributed by atoms with Gasteiger partial charge in [-0.3, -0.25) is 10.1 Å². The minimum atomic E-state index is -0.175. The molecule has 2 rings (SSSR count). The van der Waals surface area contributed by atoms with Crippen LogP contribution in [0.25, 0.3) is 11.3 Å². The number of benzene rings is 1. The Kier molecular flexibility index (Phi) is 3.90. The lowest BCUT2D eigenvalue weighted by Gasteiger charge is -2.04. The number of rotatable bonds is 3. The Hall–Kier alpha value is -2.54. The molecule has 0 unspecified atom stereocenters. The molecule has 0 saturated heterocycles. The molecule has 1 heterocycles. The monoisotopic (exact) mass is 268 g/mol. The van der Waals surface area contributed by atoms with Crippen molar-refractivity contribution in [1.82, 2.24) is 0 Å². The fourth-order valence-corrected chi connectivity index (χ4v) is 1.68. The summed E-state index contributed by atoms with van der Waals surface area (Å²) < 4.78 is 5.60. The van der Waals surface area contributed by atoms with Crippen molar-refractivity contribution >= 4 is 11.8 Å². The highest BCUT2D eigenvalue weighted by atomic mass is 16.4. The number of hydrogen-bond acceptors (Lipinski definition) is 3. The second-order valence-corrected chi connectivity index (χ2v) is 4.98. The average Bonchev–Trinajstić information content (AvgIpc) is 2.82. The normalized spacial score (nSPS) is 10.3. The summed E-state index contributed by atoms with van der Waals surface area (Å²) in [6, 6.07) is 11.4. The van der Waals surface area contributed by atoms with Crippen LogP contribution in [0.1, 0.15) is 25.0 Å². The Morgan fingerprint density at radius 1 is 1.30 bits per heavy atom. The molecule has 20 heavy (non-hydrogen) atoms. The largest absolute Gasteiger partial charge is 0.439 e. The Balaban J connectivity index is 2.34. The highest BCUT2D eigenvalue weighted by Crippen LogP contribution is 2.29. The molecule has 0 radical (unpaired) electrons. The van der Waals surface area contributed by atoms with E-state index in [1.54, 1.807) is 19.9 Å². The minimum Gasteiger partial charge on any atom is -0.439 e. The molecule has 0 aliphatic rings. The fourth-order valence-electron chi connectivity index (χ4n) is 1.68. The van der Waals surface area contributed by atoms with Gasteiger partial charge in [0.25, 0.3) is 0 Å². The van der Waals surface area contributed by atoms with Gasteiger partial charge in [-0.1, -0.05) is 43.7 Å². The standard InChI is InChI=1S/C16H16N2O2/c1-10(2)15(19)18-16-13(9-17)8-14(20-16)12-6-4-11(3)5-7-12/h4-8,10H,1-3H3,(H,18,19). The molecule has 0 spiro atoms. The molecule has 1 amide bonds. The van der Waals surface area contributed by atoms with Gasteiger partial charge in [0.15, 0.2) is 0 Å².